The van der Waals surface area contributed by atoms with Crippen molar-refractivity contribution in [3.63, 3.8) is 0 Å². The quantitative estimate of drug-likeness (QED) is 0.683. The molecule has 3 N–H and O–H groups in total. The second kappa shape index (κ2) is 4.44. The summed E-state index contributed by atoms with van der Waals surface area (Å²) in [7, 11) is 0. The van der Waals surface area contributed by atoms with Crippen LogP contribution in [0.5, 0.6) is 0 Å². The SMILES string of the molecule is N.O=C1C(Cl)=C(Cl)C(=O)C(Cl)=C1Cl. The van der Waals surface area contributed by atoms with Gasteiger partial charge in [-0.05, 0) is 0 Å². The van der Waals surface area contributed by atoms with Gasteiger partial charge in [0.05, 0.1) is 0 Å². The van der Waals surface area contributed by atoms with Crippen molar-refractivity contribution in [3.8, 4) is 0 Å². The van der Waals surface area contributed by atoms with E-state index in [1.165, 1.54) is 0 Å². The molecule has 0 fully saturated rings. The van der Waals surface area contributed by atoms with E-state index in [2.05, 4.69) is 0 Å². The minimum atomic E-state index is -0.729. The normalized spacial score (nSPS) is 17.8. The van der Waals surface area contributed by atoms with Crippen molar-refractivity contribution < 1.29 is 9.59 Å². The molecule has 0 heterocycles. The predicted molar refractivity (Wildman–Crippen MR) is 52.5 cm³/mol. The van der Waals surface area contributed by atoms with E-state index >= 15 is 0 Å². The molecule has 0 atom stereocenters. The van der Waals surface area contributed by atoms with Crippen LogP contribution in [0.2, 0.25) is 0 Å². The molecule has 0 unspecified atom stereocenters. The van der Waals surface area contributed by atoms with E-state index in [9.17, 15) is 9.59 Å². The van der Waals surface area contributed by atoms with Crippen LogP contribution >= 0.6 is 46.4 Å². The lowest BCUT2D eigenvalue weighted by Crippen LogP contribution is -2.14. The number of carbonyl (C=O) groups is 2. The fourth-order valence-electron chi connectivity index (χ4n) is 0.591. The van der Waals surface area contributed by atoms with Gasteiger partial charge in [0.1, 0.15) is 20.1 Å². The van der Waals surface area contributed by atoms with Gasteiger partial charge in [-0.2, -0.15) is 0 Å². The molecule has 1 aliphatic rings. The number of carbonyl (C=O) groups excluding carboxylic acids is 2. The van der Waals surface area contributed by atoms with Gasteiger partial charge in [0.15, 0.2) is 0 Å². The van der Waals surface area contributed by atoms with Crippen molar-refractivity contribution in [1.29, 1.82) is 0 Å². The fourth-order valence-corrected chi connectivity index (χ4v) is 1.41. The smallest absolute Gasteiger partial charge is 0.219 e. The third kappa shape index (κ3) is 2.06. The van der Waals surface area contributed by atoms with Gasteiger partial charge in [0.25, 0.3) is 0 Å². The zero-order chi connectivity index (χ0) is 9.46. The molecule has 13 heavy (non-hydrogen) atoms. The van der Waals surface area contributed by atoms with Crippen molar-refractivity contribution in [1.82, 2.24) is 6.15 Å². The highest BCUT2D eigenvalue weighted by atomic mass is 35.5. The summed E-state index contributed by atoms with van der Waals surface area (Å²) in [5.74, 6) is -1.46. The third-order valence-corrected chi connectivity index (χ3v) is 2.82. The Balaban J connectivity index is 0.00000144. The summed E-state index contributed by atoms with van der Waals surface area (Å²) in [5, 5.41) is -1.57. The average molecular weight is 263 g/mol. The van der Waals surface area contributed by atoms with E-state index in [4.69, 9.17) is 46.4 Å². The number of Topliss-reactive ketones (excluding diaryl/α,β-unsaturated/α-hetero) is 2. The molecule has 0 spiro atoms. The first kappa shape index (κ1) is 12.9. The molecule has 0 aromatic rings. The maximum absolute atomic E-state index is 11.0. The molecule has 7 heteroatoms. The van der Waals surface area contributed by atoms with Crippen molar-refractivity contribution in [2.45, 2.75) is 0 Å². The molecule has 3 nitrogen and oxygen atoms in total. The Hall–Kier alpha value is -0.0600. The first-order valence-electron chi connectivity index (χ1n) is 2.66. The van der Waals surface area contributed by atoms with E-state index in [1.54, 1.807) is 0 Å². The molecule has 0 saturated heterocycles. The Labute approximate surface area is 93.9 Å². The van der Waals surface area contributed by atoms with E-state index in [-0.39, 0.29) is 6.15 Å². The van der Waals surface area contributed by atoms with Crippen molar-refractivity contribution in [3.05, 3.63) is 20.1 Å². The zero-order valence-electron chi connectivity index (χ0n) is 6.04. The molecule has 0 aromatic heterocycles. The highest BCUT2D eigenvalue weighted by Crippen LogP contribution is 2.32. The van der Waals surface area contributed by atoms with Gasteiger partial charge in [-0.15, -0.1) is 0 Å². The minimum Gasteiger partial charge on any atom is -0.344 e. The van der Waals surface area contributed by atoms with Gasteiger partial charge >= 0.3 is 0 Å². The molecule has 72 valence electrons. The van der Waals surface area contributed by atoms with Crippen LogP contribution in [0.4, 0.5) is 0 Å². The van der Waals surface area contributed by atoms with Gasteiger partial charge in [-0.1, -0.05) is 46.4 Å². The van der Waals surface area contributed by atoms with Crippen LogP contribution in [0.15, 0.2) is 20.1 Å². The minimum absolute atomic E-state index is 0. The molecule has 0 aliphatic heterocycles. The standard InChI is InChI=1S/C6Cl4O2.H3N/c7-1-2(8)6(12)4(10)3(9)5(1)11;/h;1H3. The monoisotopic (exact) mass is 261 g/mol. The van der Waals surface area contributed by atoms with Gasteiger partial charge in [0.2, 0.25) is 11.6 Å². The summed E-state index contributed by atoms with van der Waals surface area (Å²) in [4.78, 5) is 22.0. The maximum Gasteiger partial charge on any atom is 0.219 e. The number of hydrogen-bond donors (Lipinski definition) is 1. The van der Waals surface area contributed by atoms with Crippen LogP contribution in [0.25, 0.3) is 0 Å². The van der Waals surface area contributed by atoms with Crippen LogP contribution in [0, 0.1) is 0 Å². The number of rotatable bonds is 0. The third-order valence-electron chi connectivity index (χ3n) is 1.18. The van der Waals surface area contributed by atoms with Gasteiger partial charge in [-0.3, -0.25) is 9.59 Å². The second-order valence-corrected chi connectivity index (χ2v) is 3.43. The van der Waals surface area contributed by atoms with Crippen LogP contribution in [0.1, 0.15) is 0 Å². The second-order valence-electron chi connectivity index (χ2n) is 1.91. The highest BCUT2D eigenvalue weighted by molar-refractivity contribution is 6.69. The number of allylic oxidation sites excluding steroid dienone is 4. The summed E-state index contributed by atoms with van der Waals surface area (Å²) >= 11 is 21.5. The molecule has 1 rings (SSSR count). The molecule has 0 aromatic carbocycles. The van der Waals surface area contributed by atoms with Crippen LogP contribution in [0.3, 0.4) is 0 Å². The van der Waals surface area contributed by atoms with E-state index in [0.29, 0.717) is 0 Å². The maximum atomic E-state index is 11.0. The number of halogens is 4. The topological polar surface area (TPSA) is 69.1 Å². The summed E-state index contributed by atoms with van der Waals surface area (Å²) in [5.41, 5.74) is 0. The van der Waals surface area contributed by atoms with Gasteiger partial charge in [-0.25, -0.2) is 0 Å². The molecule has 0 saturated carbocycles. The molecule has 0 amide bonds. The highest BCUT2D eigenvalue weighted by Gasteiger charge is 2.31. The molecule has 1 aliphatic carbocycles. The Kier molecular flexibility index (Phi) is 4.42. The largest absolute Gasteiger partial charge is 0.344 e. The lowest BCUT2D eigenvalue weighted by atomic mass is 10.1. The van der Waals surface area contributed by atoms with Crippen LogP contribution in [-0.4, -0.2) is 11.6 Å². The van der Waals surface area contributed by atoms with E-state index in [1.807, 2.05) is 0 Å². The summed E-state index contributed by atoms with van der Waals surface area (Å²) in [6.45, 7) is 0. The van der Waals surface area contributed by atoms with Crippen molar-refractivity contribution >= 4 is 58.0 Å². The predicted octanol–water partition coefficient (Wildman–Crippen LogP) is 2.68. The van der Waals surface area contributed by atoms with Gasteiger partial charge < -0.3 is 6.15 Å². The molecule has 0 bridgehead atoms. The molecule has 0 radical (unpaired) electrons. The van der Waals surface area contributed by atoms with Crippen LogP contribution < -0.4 is 6.15 Å². The number of ketones is 2. The Bertz CT molecular complexity index is 283. The summed E-state index contributed by atoms with van der Waals surface area (Å²) < 4.78 is 0. The Morgan fingerprint density at radius 3 is 0.923 bits per heavy atom. The fraction of sp³-hybridized carbons (Fsp3) is 0. The Morgan fingerprint density at radius 1 is 0.615 bits per heavy atom. The Morgan fingerprint density at radius 2 is 0.769 bits per heavy atom. The lowest BCUT2D eigenvalue weighted by Gasteiger charge is -2.08. The summed E-state index contributed by atoms with van der Waals surface area (Å²) in [6, 6.07) is 0. The van der Waals surface area contributed by atoms with Crippen molar-refractivity contribution in [2.24, 2.45) is 0 Å². The van der Waals surface area contributed by atoms with Crippen molar-refractivity contribution in [2.75, 3.05) is 0 Å². The average Bonchev–Trinajstić information content (AvgIpc) is 2.08. The van der Waals surface area contributed by atoms with Crippen LogP contribution in [-0.2, 0) is 9.59 Å². The van der Waals surface area contributed by atoms with E-state index < -0.39 is 31.7 Å². The lowest BCUT2D eigenvalue weighted by molar-refractivity contribution is -0.114. The first-order valence-corrected chi connectivity index (χ1v) is 4.18. The molecular formula is C6H3Cl4NO2. The molecular weight excluding hydrogens is 260 g/mol. The van der Waals surface area contributed by atoms with E-state index in [0.717, 1.165) is 0 Å². The van der Waals surface area contributed by atoms with Gasteiger partial charge in [0, 0.05) is 0 Å². The zero-order valence-corrected chi connectivity index (χ0v) is 9.06. The summed E-state index contributed by atoms with van der Waals surface area (Å²) in [6.07, 6.45) is 0. The number of hydrogen-bond acceptors (Lipinski definition) is 3. The first-order chi connectivity index (χ1) is 5.46.